The van der Waals surface area contributed by atoms with E-state index in [1.807, 2.05) is 36.4 Å². The van der Waals surface area contributed by atoms with Crippen molar-refractivity contribution >= 4 is 10.9 Å². The molecule has 0 aliphatic rings. The Morgan fingerprint density at radius 1 is 0.909 bits per heavy atom. The van der Waals surface area contributed by atoms with Gasteiger partial charge in [0.2, 0.25) is 0 Å². The smallest absolute Gasteiger partial charge is 0.132 e. The van der Waals surface area contributed by atoms with Crippen molar-refractivity contribution in [1.82, 2.24) is 15.2 Å². The van der Waals surface area contributed by atoms with Crippen molar-refractivity contribution in [3.8, 4) is 22.4 Å². The topological polar surface area (TPSA) is 41.6 Å². The van der Waals surface area contributed by atoms with Gasteiger partial charge >= 0.3 is 0 Å². The number of hydrogen-bond acceptors (Lipinski definition) is 2. The fraction of sp³-hybridized carbons (Fsp3) is 0. The van der Waals surface area contributed by atoms with Crippen LogP contribution >= 0.6 is 0 Å². The van der Waals surface area contributed by atoms with Crippen molar-refractivity contribution < 1.29 is 4.39 Å². The van der Waals surface area contributed by atoms with Gasteiger partial charge in [-0.05, 0) is 35.9 Å². The fourth-order valence-corrected chi connectivity index (χ4v) is 2.62. The van der Waals surface area contributed by atoms with E-state index < -0.39 is 0 Å². The van der Waals surface area contributed by atoms with Gasteiger partial charge in [-0.3, -0.25) is 10.1 Å². The van der Waals surface area contributed by atoms with Crippen LogP contribution in [0.4, 0.5) is 4.39 Å². The predicted molar refractivity (Wildman–Crippen MR) is 84.7 cm³/mol. The molecule has 0 fully saturated rings. The van der Waals surface area contributed by atoms with Gasteiger partial charge in [-0.15, -0.1) is 0 Å². The van der Waals surface area contributed by atoms with E-state index >= 15 is 0 Å². The zero-order chi connectivity index (χ0) is 14.9. The molecule has 22 heavy (non-hydrogen) atoms. The van der Waals surface area contributed by atoms with Crippen molar-refractivity contribution in [3.05, 3.63) is 72.8 Å². The molecule has 0 saturated carbocycles. The number of fused-ring (bicyclic) bond motifs is 1. The highest BCUT2D eigenvalue weighted by Crippen LogP contribution is 2.32. The van der Waals surface area contributed by atoms with Crippen LogP contribution in [0, 0.1) is 5.82 Å². The van der Waals surface area contributed by atoms with Gasteiger partial charge in [-0.2, -0.15) is 5.10 Å². The molecule has 0 unspecified atom stereocenters. The number of aromatic nitrogens is 3. The van der Waals surface area contributed by atoms with E-state index in [-0.39, 0.29) is 5.82 Å². The number of nitrogens with one attached hydrogen (secondary N) is 1. The Bertz CT molecular complexity index is 959. The lowest BCUT2D eigenvalue weighted by Gasteiger charge is -2.09. The Morgan fingerprint density at radius 3 is 2.68 bits per heavy atom. The maximum atomic E-state index is 14.1. The normalized spacial score (nSPS) is 11.0. The molecule has 2 aromatic heterocycles. The molecule has 0 saturated heterocycles. The SMILES string of the molecule is Fc1ccccc1-c1ncccc1-c1ccc2[nH]ncc2c1. The van der Waals surface area contributed by atoms with Gasteiger partial charge < -0.3 is 0 Å². The summed E-state index contributed by atoms with van der Waals surface area (Å²) in [6.45, 7) is 0. The van der Waals surface area contributed by atoms with E-state index in [1.165, 1.54) is 6.07 Å². The second-order valence-corrected chi connectivity index (χ2v) is 5.05. The molecule has 0 spiro atoms. The lowest BCUT2D eigenvalue weighted by Crippen LogP contribution is -1.91. The minimum atomic E-state index is -0.271. The van der Waals surface area contributed by atoms with Crippen LogP contribution in [0.15, 0.2) is 67.0 Å². The zero-order valence-corrected chi connectivity index (χ0v) is 11.6. The summed E-state index contributed by atoms with van der Waals surface area (Å²) >= 11 is 0. The number of nitrogens with zero attached hydrogens (tertiary/aromatic N) is 2. The Balaban J connectivity index is 1.94. The Hall–Kier alpha value is -3.01. The summed E-state index contributed by atoms with van der Waals surface area (Å²) in [7, 11) is 0. The van der Waals surface area contributed by atoms with Gasteiger partial charge in [0.1, 0.15) is 5.82 Å². The average Bonchev–Trinajstić information content (AvgIpc) is 3.03. The first kappa shape index (κ1) is 12.7. The lowest BCUT2D eigenvalue weighted by molar-refractivity contribution is 0.631. The summed E-state index contributed by atoms with van der Waals surface area (Å²) < 4.78 is 14.1. The Kier molecular flexibility index (Phi) is 2.93. The van der Waals surface area contributed by atoms with Crippen LogP contribution in [0.2, 0.25) is 0 Å². The lowest BCUT2D eigenvalue weighted by atomic mass is 9.98. The Labute approximate surface area is 126 Å². The summed E-state index contributed by atoms with van der Waals surface area (Å²) in [6.07, 6.45) is 3.46. The van der Waals surface area contributed by atoms with Crippen LogP contribution in [-0.4, -0.2) is 15.2 Å². The largest absolute Gasteiger partial charge is 0.278 e. The van der Waals surface area contributed by atoms with Gasteiger partial charge in [-0.25, -0.2) is 4.39 Å². The fourth-order valence-electron chi connectivity index (χ4n) is 2.62. The number of aromatic amines is 1. The molecule has 0 aliphatic carbocycles. The summed E-state index contributed by atoms with van der Waals surface area (Å²) in [5.41, 5.74) is 4.00. The molecule has 2 heterocycles. The molecule has 1 N–H and O–H groups in total. The maximum Gasteiger partial charge on any atom is 0.132 e. The molecular weight excluding hydrogens is 277 g/mol. The molecule has 0 aliphatic heterocycles. The van der Waals surface area contributed by atoms with E-state index in [2.05, 4.69) is 15.2 Å². The Morgan fingerprint density at radius 2 is 1.77 bits per heavy atom. The molecule has 2 aromatic carbocycles. The first-order chi connectivity index (χ1) is 10.8. The first-order valence-electron chi connectivity index (χ1n) is 6.96. The number of pyridine rings is 1. The summed E-state index contributed by atoms with van der Waals surface area (Å²) in [4.78, 5) is 4.39. The third-order valence-corrected chi connectivity index (χ3v) is 3.69. The number of hydrogen-bond donors (Lipinski definition) is 1. The van der Waals surface area contributed by atoms with Crippen molar-refractivity contribution in [2.45, 2.75) is 0 Å². The van der Waals surface area contributed by atoms with Crippen molar-refractivity contribution in [2.24, 2.45) is 0 Å². The summed E-state index contributed by atoms with van der Waals surface area (Å²) in [5, 5.41) is 7.97. The van der Waals surface area contributed by atoms with Crippen molar-refractivity contribution in [1.29, 1.82) is 0 Å². The van der Waals surface area contributed by atoms with Gasteiger partial charge in [0.15, 0.2) is 0 Å². The standard InChI is InChI=1S/C18H12FN3/c19-16-6-2-1-4-15(16)18-14(5-3-9-20-18)12-7-8-17-13(10-12)11-21-22-17/h1-11H,(H,21,22). The molecule has 0 atom stereocenters. The molecule has 0 radical (unpaired) electrons. The highest BCUT2D eigenvalue weighted by Gasteiger charge is 2.12. The van der Waals surface area contributed by atoms with Crippen LogP contribution in [0.3, 0.4) is 0 Å². The third kappa shape index (κ3) is 2.05. The van der Waals surface area contributed by atoms with Gasteiger partial charge in [0.25, 0.3) is 0 Å². The molecule has 106 valence electrons. The van der Waals surface area contributed by atoms with E-state index in [9.17, 15) is 4.39 Å². The monoisotopic (exact) mass is 289 g/mol. The minimum absolute atomic E-state index is 0.271. The molecular formula is C18H12FN3. The van der Waals surface area contributed by atoms with Crippen LogP contribution in [0.5, 0.6) is 0 Å². The molecule has 4 rings (SSSR count). The van der Waals surface area contributed by atoms with Crippen molar-refractivity contribution in [3.63, 3.8) is 0 Å². The number of rotatable bonds is 2. The first-order valence-corrected chi connectivity index (χ1v) is 6.96. The maximum absolute atomic E-state index is 14.1. The number of H-pyrrole nitrogens is 1. The molecule has 0 amide bonds. The van der Waals surface area contributed by atoms with Crippen LogP contribution in [0.25, 0.3) is 33.3 Å². The second kappa shape index (κ2) is 5.07. The number of benzene rings is 2. The van der Waals surface area contributed by atoms with E-state index in [4.69, 9.17) is 0 Å². The molecule has 0 bridgehead atoms. The van der Waals surface area contributed by atoms with E-state index in [1.54, 1.807) is 24.5 Å². The molecule has 4 aromatic rings. The quantitative estimate of drug-likeness (QED) is 0.593. The van der Waals surface area contributed by atoms with Gasteiger partial charge in [-0.1, -0.05) is 24.3 Å². The number of halogens is 1. The molecule has 3 nitrogen and oxygen atoms in total. The second-order valence-electron chi connectivity index (χ2n) is 5.05. The van der Waals surface area contributed by atoms with Crippen LogP contribution < -0.4 is 0 Å². The van der Waals surface area contributed by atoms with Crippen molar-refractivity contribution in [2.75, 3.05) is 0 Å². The highest BCUT2D eigenvalue weighted by atomic mass is 19.1. The van der Waals surface area contributed by atoms with Crippen LogP contribution in [-0.2, 0) is 0 Å². The third-order valence-electron chi connectivity index (χ3n) is 3.69. The minimum Gasteiger partial charge on any atom is -0.278 e. The van der Waals surface area contributed by atoms with Gasteiger partial charge in [0.05, 0.1) is 17.4 Å². The molecule has 4 heteroatoms. The van der Waals surface area contributed by atoms with E-state index in [0.717, 1.165) is 22.0 Å². The van der Waals surface area contributed by atoms with Gasteiger partial charge in [0, 0.05) is 22.7 Å². The van der Waals surface area contributed by atoms with Crippen LogP contribution in [0.1, 0.15) is 0 Å². The highest BCUT2D eigenvalue weighted by molar-refractivity contribution is 5.88. The summed E-state index contributed by atoms with van der Waals surface area (Å²) in [6, 6.07) is 16.5. The summed E-state index contributed by atoms with van der Waals surface area (Å²) in [5.74, 6) is -0.271. The zero-order valence-electron chi connectivity index (χ0n) is 11.6. The van der Waals surface area contributed by atoms with E-state index in [0.29, 0.717) is 11.3 Å². The average molecular weight is 289 g/mol. The predicted octanol–water partition coefficient (Wildman–Crippen LogP) is 4.43.